The standard InChI is InChI=1S/C16H34/c1-13(2)9-7-11-16(15(5)6)12-8-10-14(3)4/h13-16H,7-12H2,1-6H3. The molecule has 0 unspecified atom stereocenters. The summed E-state index contributed by atoms with van der Waals surface area (Å²) in [5.74, 6) is 3.60. The highest BCUT2D eigenvalue weighted by Crippen LogP contribution is 2.25. The van der Waals surface area contributed by atoms with Crippen molar-refractivity contribution >= 4 is 0 Å². The van der Waals surface area contributed by atoms with E-state index < -0.39 is 0 Å². The molecular formula is C16H34. The summed E-state index contributed by atoms with van der Waals surface area (Å²) in [6, 6.07) is 0. The van der Waals surface area contributed by atoms with Gasteiger partial charge in [-0.25, -0.2) is 0 Å². The lowest BCUT2D eigenvalue weighted by molar-refractivity contribution is 0.303. The van der Waals surface area contributed by atoms with E-state index in [-0.39, 0.29) is 0 Å². The first kappa shape index (κ1) is 16.0. The van der Waals surface area contributed by atoms with Crippen molar-refractivity contribution in [3.8, 4) is 0 Å². The lowest BCUT2D eigenvalue weighted by Crippen LogP contribution is -2.09. The molecule has 0 heterocycles. The van der Waals surface area contributed by atoms with Gasteiger partial charge in [-0.05, 0) is 23.7 Å². The Morgan fingerprint density at radius 1 is 0.562 bits per heavy atom. The van der Waals surface area contributed by atoms with Gasteiger partial charge in [-0.1, -0.05) is 80.1 Å². The lowest BCUT2D eigenvalue weighted by Gasteiger charge is -2.21. The van der Waals surface area contributed by atoms with Crippen LogP contribution in [0.5, 0.6) is 0 Å². The minimum atomic E-state index is 0.874. The third kappa shape index (κ3) is 9.24. The van der Waals surface area contributed by atoms with Crippen LogP contribution in [0.3, 0.4) is 0 Å². The Labute approximate surface area is 104 Å². The van der Waals surface area contributed by atoms with Crippen LogP contribution in [0.1, 0.15) is 80.1 Å². The normalized spacial score (nSPS) is 12.4. The van der Waals surface area contributed by atoms with E-state index in [2.05, 4.69) is 41.5 Å². The molecule has 0 aromatic heterocycles. The Morgan fingerprint density at radius 3 is 1.19 bits per heavy atom. The molecule has 0 N–H and O–H groups in total. The topological polar surface area (TPSA) is 0 Å². The largest absolute Gasteiger partial charge is 0.0628 e. The van der Waals surface area contributed by atoms with Crippen molar-refractivity contribution in [2.24, 2.45) is 23.7 Å². The second-order valence-electron chi connectivity index (χ2n) is 6.65. The maximum atomic E-state index is 2.40. The lowest BCUT2D eigenvalue weighted by atomic mass is 9.85. The highest BCUT2D eigenvalue weighted by Gasteiger charge is 2.13. The second kappa shape index (κ2) is 9.07. The van der Waals surface area contributed by atoms with Crippen molar-refractivity contribution in [2.75, 3.05) is 0 Å². The zero-order valence-electron chi connectivity index (χ0n) is 12.6. The number of hydrogen-bond acceptors (Lipinski definition) is 0. The van der Waals surface area contributed by atoms with Crippen LogP contribution in [0.15, 0.2) is 0 Å². The third-order valence-electron chi connectivity index (χ3n) is 3.66. The van der Waals surface area contributed by atoms with Crippen molar-refractivity contribution in [3.05, 3.63) is 0 Å². The van der Waals surface area contributed by atoms with Gasteiger partial charge >= 0.3 is 0 Å². The summed E-state index contributed by atoms with van der Waals surface area (Å²) in [5.41, 5.74) is 0. The first-order chi connectivity index (χ1) is 7.43. The first-order valence-electron chi connectivity index (χ1n) is 7.43. The summed E-state index contributed by atoms with van der Waals surface area (Å²) >= 11 is 0. The van der Waals surface area contributed by atoms with Crippen molar-refractivity contribution < 1.29 is 0 Å². The van der Waals surface area contributed by atoms with Crippen LogP contribution >= 0.6 is 0 Å². The molecule has 0 saturated heterocycles. The zero-order valence-corrected chi connectivity index (χ0v) is 12.6. The summed E-state index contributed by atoms with van der Waals surface area (Å²) in [6.45, 7) is 14.1. The van der Waals surface area contributed by atoms with Gasteiger partial charge in [0.2, 0.25) is 0 Å². The minimum absolute atomic E-state index is 0.874. The van der Waals surface area contributed by atoms with Gasteiger partial charge in [0, 0.05) is 0 Å². The minimum Gasteiger partial charge on any atom is -0.0628 e. The molecule has 0 bridgehead atoms. The van der Waals surface area contributed by atoms with Gasteiger partial charge in [-0.3, -0.25) is 0 Å². The summed E-state index contributed by atoms with van der Waals surface area (Å²) in [4.78, 5) is 0. The summed E-state index contributed by atoms with van der Waals surface area (Å²) in [6.07, 6.45) is 8.59. The van der Waals surface area contributed by atoms with Crippen LogP contribution in [0, 0.1) is 23.7 Å². The summed E-state index contributed by atoms with van der Waals surface area (Å²) in [7, 11) is 0. The van der Waals surface area contributed by atoms with E-state index in [1.165, 1.54) is 38.5 Å². The molecule has 0 aliphatic carbocycles. The van der Waals surface area contributed by atoms with Crippen LogP contribution < -0.4 is 0 Å². The molecule has 0 aliphatic rings. The molecule has 0 aliphatic heterocycles. The highest BCUT2D eigenvalue weighted by atomic mass is 14.2. The Hall–Kier alpha value is 0. The monoisotopic (exact) mass is 226 g/mol. The molecule has 0 nitrogen and oxygen atoms in total. The van der Waals surface area contributed by atoms with E-state index in [1.807, 2.05) is 0 Å². The molecule has 0 saturated carbocycles. The maximum absolute atomic E-state index is 2.40. The van der Waals surface area contributed by atoms with Gasteiger partial charge in [0.1, 0.15) is 0 Å². The SMILES string of the molecule is CC(C)CCCC(CCCC(C)C)C(C)C. The number of hydrogen-bond donors (Lipinski definition) is 0. The summed E-state index contributed by atoms with van der Waals surface area (Å²) < 4.78 is 0. The molecule has 16 heavy (non-hydrogen) atoms. The molecule has 0 amide bonds. The molecule has 0 aromatic carbocycles. The van der Waals surface area contributed by atoms with E-state index in [0.29, 0.717) is 0 Å². The molecule has 0 fully saturated rings. The van der Waals surface area contributed by atoms with E-state index in [0.717, 1.165) is 23.7 Å². The van der Waals surface area contributed by atoms with E-state index in [4.69, 9.17) is 0 Å². The maximum Gasteiger partial charge on any atom is -0.0391 e. The molecule has 0 heteroatoms. The molecule has 0 atom stereocenters. The average molecular weight is 226 g/mol. The van der Waals surface area contributed by atoms with Gasteiger partial charge < -0.3 is 0 Å². The van der Waals surface area contributed by atoms with E-state index >= 15 is 0 Å². The van der Waals surface area contributed by atoms with Crippen LogP contribution in [0.2, 0.25) is 0 Å². The van der Waals surface area contributed by atoms with Crippen LogP contribution in [-0.2, 0) is 0 Å². The third-order valence-corrected chi connectivity index (χ3v) is 3.66. The Bertz CT molecular complexity index is 130. The van der Waals surface area contributed by atoms with Crippen molar-refractivity contribution in [1.82, 2.24) is 0 Å². The van der Waals surface area contributed by atoms with Gasteiger partial charge in [0.25, 0.3) is 0 Å². The fourth-order valence-electron chi connectivity index (χ4n) is 2.39. The predicted molar refractivity (Wildman–Crippen MR) is 75.7 cm³/mol. The first-order valence-corrected chi connectivity index (χ1v) is 7.43. The van der Waals surface area contributed by atoms with Crippen molar-refractivity contribution in [3.63, 3.8) is 0 Å². The highest BCUT2D eigenvalue weighted by molar-refractivity contribution is 4.65. The Kier molecular flexibility index (Phi) is 9.07. The van der Waals surface area contributed by atoms with Gasteiger partial charge in [0.15, 0.2) is 0 Å². The van der Waals surface area contributed by atoms with Crippen LogP contribution in [0.4, 0.5) is 0 Å². The number of rotatable bonds is 9. The van der Waals surface area contributed by atoms with Crippen LogP contribution in [-0.4, -0.2) is 0 Å². The van der Waals surface area contributed by atoms with E-state index in [1.54, 1.807) is 0 Å². The molecule has 0 radical (unpaired) electrons. The molecule has 0 spiro atoms. The summed E-state index contributed by atoms with van der Waals surface area (Å²) in [5, 5.41) is 0. The van der Waals surface area contributed by atoms with Gasteiger partial charge in [0.05, 0.1) is 0 Å². The van der Waals surface area contributed by atoms with Crippen LogP contribution in [0.25, 0.3) is 0 Å². The second-order valence-corrected chi connectivity index (χ2v) is 6.65. The Balaban J connectivity index is 3.71. The van der Waals surface area contributed by atoms with Crippen molar-refractivity contribution in [1.29, 1.82) is 0 Å². The van der Waals surface area contributed by atoms with Gasteiger partial charge in [-0.2, -0.15) is 0 Å². The van der Waals surface area contributed by atoms with Crippen molar-refractivity contribution in [2.45, 2.75) is 80.1 Å². The fourth-order valence-corrected chi connectivity index (χ4v) is 2.39. The zero-order chi connectivity index (χ0) is 12.6. The average Bonchev–Trinajstić information content (AvgIpc) is 2.14. The predicted octanol–water partition coefficient (Wildman–Crippen LogP) is 5.91. The molecular weight excluding hydrogens is 192 g/mol. The molecule has 98 valence electrons. The molecule has 0 rings (SSSR count). The van der Waals surface area contributed by atoms with E-state index in [9.17, 15) is 0 Å². The van der Waals surface area contributed by atoms with Gasteiger partial charge in [-0.15, -0.1) is 0 Å². The quantitative estimate of drug-likeness (QED) is 0.458. The Morgan fingerprint density at radius 2 is 0.938 bits per heavy atom. The molecule has 0 aromatic rings. The fraction of sp³-hybridized carbons (Fsp3) is 1.00. The smallest absolute Gasteiger partial charge is 0.0391 e.